The Balaban J connectivity index is 1.68. The van der Waals surface area contributed by atoms with E-state index in [1.807, 2.05) is 12.1 Å². The van der Waals surface area contributed by atoms with Gasteiger partial charge < -0.3 is 9.08 Å². The molecule has 0 saturated carbocycles. The van der Waals surface area contributed by atoms with Crippen molar-refractivity contribution in [3.8, 4) is 5.75 Å². The first-order valence-corrected chi connectivity index (χ1v) is 10.1. The van der Waals surface area contributed by atoms with Gasteiger partial charge in [-0.2, -0.15) is 8.42 Å². The number of carbonyl (C=O) groups is 1. The fourth-order valence-corrected chi connectivity index (χ4v) is 4.46. The highest BCUT2D eigenvalue weighted by Crippen LogP contribution is 2.30. The third kappa shape index (κ3) is 3.26. The highest BCUT2D eigenvalue weighted by molar-refractivity contribution is 7.87. The van der Waals surface area contributed by atoms with Gasteiger partial charge in [0.05, 0.1) is 0 Å². The summed E-state index contributed by atoms with van der Waals surface area (Å²) in [5, 5.41) is 0.796. The van der Waals surface area contributed by atoms with Gasteiger partial charge >= 0.3 is 10.1 Å². The maximum Gasteiger partial charge on any atom is 0.339 e. The van der Waals surface area contributed by atoms with E-state index in [4.69, 9.17) is 4.18 Å². The average molecular weight is 382 g/mol. The second kappa shape index (κ2) is 6.66. The molecule has 1 amide bonds. The van der Waals surface area contributed by atoms with Gasteiger partial charge in [0.1, 0.15) is 10.4 Å². The van der Waals surface area contributed by atoms with E-state index in [9.17, 15) is 13.2 Å². The Morgan fingerprint density at radius 2 is 1.93 bits per heavy atom. The summed E-state index contributed by atoms with van der Waals surface area (Å²) >= 11 is 0. The Bertz CT molecular complexity index is 1140. The Labute approximate surface area is 157 Å². The Morgan fingerprint density at radius 1 is 1.11 bits per heavy atom. The van der Waals surface area contributed by atoms with E-state index in [1.165, 1.54) is 6.07 Å². The number of pyridine rings is 1. The minimum atomic E-state index is -4.03. The van der Waals surface area contributed by atoms with Crippen LogP contribution in [0.1, 0.15) is 18.4 Å². The maximum absolute atomic E-state index is 12.8. The lowest BCUT2D eigenvalue weighted by atomic mass is 10.2. The van der Waals surface area contributed by atoms with Crippen LogP contribution in [0.15, 0.2) is 59.6 Å². The van der Waals surface area contributed by atoms with Gasteiger partial charge in [0.15, 0.2) is 5.75 Å². The van der Waals surface area contributed by atoms with Crippen LogP contribution in [0.4, 0.5) is 5.69 Å². The predicted octanol–water partition coefficient (Wildman–Crippen LogP) is 3.44. The van der Waals surface area contributed by atoms with Crippen molar-refractivity contribution in [3.63, 3.8) is 0 Å². The number of aryl methyl sites for hydroxylation is 1. The smallest absolute Gasteiger partial charge is 0.339 e. The number of para-hydroxylation sites is 1. The van der Waals surface area contributed by atoms with Crippen molar-refractivity contribution in [2.24, 2.45) is 0 Å². The maximum atomic E-state index is 12.8. The van der Waals surface area contributed by atoms with Gasteiger partial charge in [-0.1, -0.05) is 18.2 Å². The molecule has 6 nitrogen and oxygen atoms in total. The number of fused-ring (bicyclic) bond motifs is 1. The number of rotatable bonds is 4. The second-order valence-electron chi connectivity index (χ2n) is 6.47. The fraction of sp³-hybridized carbons (Fsp3) is 0.200. The topological polar surface area (TPSA) is 76.6 Å². The van der Waals surface area contributed by atoms with E-state index < -0.39 is 10.1 Å². The zero-order valence-electron chi connectivity index (χ0n) is 14.8. The third-order valence-corrected chi connectivity index (χ3v) is 6.00. The van der Waals surface area contributed by atoms with Gasteiger partial charge in [-0.3, -0.25) is 9.78 Å². The molecule has 27 heavy (non-hydrogen) atoms. The summed E-state index contributed by atoms with van der Waals surface area (Å²) in [4.78, 5) is 17.9. The first-order valence-electron chi connectivity index (χ1n) is 8.65. The molecule has 0 unspecified atom stereocenters. The number of hydrogen-bond donors (Lipinski definition) is 0. The molecule has 1 aromatic heterocycles. The SMILES string of the molecule is Cc1cc(N2CCCC2=O)ccc1S(=O)(=O)Oc1cccc2cccnc12. The van der Waals surface area contributed by atoms with Gasteiger partial charge in [-0.15, -0.1) is 0 Å². The minimum Gasteiger partial charge on any atom is -0.377 e. The highest BCUT2D eigenvalue weighted by Gasteiger charge is 2.25. The molecule has 0 atom stereocenters. The zero-order valence-corrected chi connectivity index (χ0v) is 15.6. The van der Waals surface area contributed by atoms with Gasteiger partial charge in [-0.05, 0) is 49.2 Å². The number of hydrogen-bond acceptors (Lipinski definition) is 5. The van der Waals surface area contributed by atoms with Crippen LogP contribution < -0.4 is 9.08 Å². The molecule has 0 aliphatic carbocycles. The normalized spacial score (nSPS) is 14.7. The molecular weight excluding hydrogens is 364 g/mol. The lowest BCUT2D eigenvalue weighted by molar-refractivity contribution is -0.117. The number of aromatic nitrogens is 1. The van der Waals surface area contributed by atoms with E-state index >= 15 is 0 Å². The third-order valence-electron chi connectivity index (χ3n) is 4.61. The molecule has 1 aliphatic heterocycles. The molecule has 1 aliphatic rings. The first-order chi connectivity index (χ1) is 13.0. The molecule has 7 heteroatoms. The Hall–Kier alpha value is -2.93. The van der Waals surface area contributed by atoms with Crippen LogP contribution in [0.5, 0.6) is 5.75 Å². The molecule has 138 valence electrons. The van der Waals surface area contributed by atoms with Crippen molar-refractivity contribution < 1.29 is 17.4 Å². The van der Waals surface area contributed by atoms with Crippen molar-refractivity contribution in [2.75, 3.05) is 11.4 Å². The van der Waals surface area contributed by atoms with Gasteiger partial charge in [0.25, 0.3) is 0 Å². The Morgan fingerprint density at radius 3 is 2.67 bits per heavy atom. The fourth-order valence-electron chi connectivity index (χ4n) is 3.31. The molecule has 3 aromatic rings. The summed E-state index contributed by atoms with van der Waals surface area (Å²) in [5.41, 5.74) is 1.72. The van der Waals surface area contributed by atoms with Crippen LogP contribution in [-0.2, 0) is 14.9 Å². The Kier molecular flexibility index (Phi) is 4.31. The van der Waals surface area contributed by atoms with Crippen molar-refractivity contribution in [1.29, 1.82) is 0 Å². The van der Waals surface area contributed by atoms with Gasteiger partial charge in [0, 0.05) is 30.2 Å². The van der Waals surface area contributed by atoms with Crippen molar-refractivity contribution in [2.45, 2.75) is 24.7 Å². The lowest BCUT2D eigenvalue weighted by Crippen LogP contribution is -2.24. The first kappa shape index (κ1) is 17.5. The van der Waals surface area contributed by atoms with Crippen molar-refractivity contribution in [1.82, 2.24) is 4.98 Å². The summed E-state index contributed by atoms with van der Waals surface area (Å²) in [6.07, 6.45) is 2.93. The summed E-state index contributed by atoms with van der Waals surface area (Å²) < 4.78 is 31.1. The molecule has 0 spiro atoms. The number of carbonyl (C=O) groups excluding carboxylic acids is 1. The number of benzene rings is 2. The van der Waals surface area contributed by atoms with E-state index in [2.05, 4.69) is 4.98 Å². The number of amides is 1. The molecule has 2 aromatic carbocycles. The zero-order chi connectivity index (χ0) is 19.0. The highest BCUT2D eigenvalue weighted by atomic mass is 32.2. The minimum absolute atomic E-state index is 0.0584. The van der Waals surface area contributed by atoms with Crippen LogP contribution in [0, 0.1) is 6.92 Å². The molecule has 0 N–H and O–H groups in total. The van der Waals surface area contributed by atoms with Crippen LogP contribution in [0.25, 0.3) is 10.9 Å². The molecule has 0 radical (unpaired) electrons. The molecular formula is C20H18N2O4S. The molecule has 0 bridgehead atoms. The summed E-state index contributed by atoms with van der Waals surface area (Å²) in [7, 11) is -4.03. The van der Waals surface area contributed by atoms with E-state index in [1.54, 1.807) is 48.4 Å². The monoisotopic (exact) mass is 382 g/mol. The van der Waals surface area contributed by atoms with Crippen LogP contribution in [0.3, 0.4) is 0 Å². The molecule has 2 heterocycles. The second-order valence-corrected chi connectivity index (χ2v) is 7.98. The van der Waals surface area contributed by atoms with E-state index in [0.29, 0.717) is 29.7 Å². The number of nitrogens with zero attached hydrogens (tertiary/aromatic N) is 2. The van der Waals surface area contributed by atoms with E-state index in [-0.39, 0.29) is 16.6 Å². The molecule has 1 fully saturated rings. The van der Waals surface area contributed by atoms with Gasteiger partial charge in [0.2, 0.25) is 5.91 Å². The van der Waals surface area contributed by atoms with Crippen LogP contribution in [0.2, 0.25) is 0 Å². The standard InChI is InChI=1S/C20H18N2O4S/c1-14-13-16(22-12-4-8-19(22)23)9-10-18(14)27(24,25)26-17-7-2-5-15-6-3-11-21-20(15)17/h2-3,5-7,9-11,13H,4,8,12H2,1H3. The number of anilines is 1. The van der Waals surface area contributed by atoms with Gasteiger partial charge in [-0.25, -0.2) is 0 Å². The molecule has 4 rings (SSSR count). The molecule has 1 saturated heterocycles. The summed E-state index contributed by atoms with van der Waals surface area (Å²) in [6.45, 7) is 2.35. The van der Waals surface area contributed by atoms with E-state index in [0.717, 1.165) is 11.8 Å². The predicted molar refractivity (Wildman–Crippen MR) is 102 cm³/mol. The van der Waals surface area contributed by atoms with Crippen LogP contribution in [-0.4, -0.2) is 25.9 Å². The van der Waals surface area contributed by atoms with Crippen molar-refractivity contribution in [3.05, 3.63) is 60.3 Å². The average Bonchev–Trinajstić information content (AvgIpc) is 3.07. The lowest BCUT2D eigenvalue weighted by Gasteiger charge is -2.17. The summed E-state index contributed by atoms with van der Waals surface area (Å²) in [6, 6.07) is 13.6. The van der Waals surface area contributed by atoms with Crippen LogP contribution >= 0.6 is 0 Å². The largest absolute Gasteiger partial charge is 0.377 e. The summed E-state index contributed by atoms with van der Waals surface area (Å²) in [5.74, 6) is 0.245. The quantitative estimate of drug-likeness (QED) is 0.646. The van der Waals surface area contributed by atoms with Crippen molar-refractivity contribution >= 4 is 32.6 Å².